The first-order valence-electron chi connectivity index (χ1n) is 6.09. The first-order chi connectivity index (χ1) is 8.10. The molecule has 0 radical (unpaired) electrons. The van der Waals surface area contributed by atoms with Crippen LogP contribution in [0.3, 0.4) is 0 Å². The van der Waals surface area contributed by atoms with Gasteiger partial charge in [0.2, 0.25) is 0 Å². The third-order valence-electron chi connectivity index (χ3n) is 3.04. The summed E-state index contributed by atoms with van der Waals surface area (Å²) in [6.45, 7) is 5.43. The van der Waals surface area contributed by atoms with Crippen molar-refractivity contribution >= 4 is 0 Å². The second-order valence-corrected chi connectivity index (χ2v) is 4.84. The summed E-state index contributed by atoms with van der Waals surface area (Å²) in [4.78, 5) is 4.21. The van der Waals surface area contributed by atoms with Crippen molar-refractivity contribution in [1.82, 2.24) is 4.98 Å². The number of pyridine rings is 1. The van der Waals surface area contributed by atoms with Crippen LogP contribution in [-0.4, -0.2) is 24.3 Å². The van der Waals surface area contributed by atoms with Crippen LogP contribution in [0, 0.1) is 0 Å². The van der Waals surface area contributed by atoms with E-state index >= 15 is 0 Å². The van der Waals surface area contributed by atoms with Crippen LogP contribution in [0.15, 0.2) is 18.5 Å². The van der Waals surface area contributed by atoms with Crippen molar-refractivity contribution in [3.05, 3.63) is 24.0 Å². The van der Waals surface area contributed by atoms with E-state index in [0.29, 0.717) is 13.2 Å². The molecule has 1 aromatic rings. The molecule has 1 fully saturated rings. The van der Waals surface area contributed by atoms with E-state index in [9.17, 15) is 0 Å². The Bertz CT molecular complexity index is 373. The Morgan fingerprint density at radius 2 is 2.06 bits per heavy atom. The topological polar surface area (TPSA) is 57.4 Å². The molecule has 2 heterocycles. The molecule has 17 heavy (non-hydrogen) atoms. The maximum atomic E-state index is 6.40. The number of aromatic nitrogens is 1. The van der Waals surface area contributed by atoms with Crippen LogP contribution >= 0.6 is 0 Å². The molecule has 0 amide bonds. The van der Waals surface area contributed by atoms with Gasteiger partial charge in [0.25, 0.3) is 0 Å². The van der Waals surface area contributed by atoms with Crippen LogP contribution in [-0.2, 0) is 10.3 Å². The van der Waals surface area contributed by atoms with Gasteiger partial charge in [-0.25, -0.2) is 0 Å². The number of nitrogens with two attached hydrogens (primary N) is 1. The van der Waals surface area contributed by atoms with Crippen LogP contribution in [0.2, 0.25) is 0 Å². The maximum Gasteiger partial charge on any atom is 0.138 e. The fourth-order valence-electron chi connectivity index (χ4n) is 2.05. The number of hydrogen-bond donors (Lipinski definition) is 1. The third kappa shape index (κ3) is 2.96. The Balaban J connectivity index is 2.19. The molecule has 1 aromatic heterocycles. The molecule has 2 rings (SSSR count). The van der Waals surface area contributed by atoms with E-state index in [4.69, 9.17) is 15.2 Å². The van der Waals surface area contributed by atoms with Crippen molar-refractivity contribution in [3.63, 3.8) is 0 Å². The van der Waals surface area contributed by atoms with Crippen LogP contribution in [0.1, 0.15) is 32.3 Å². The Labute approximate surface area is 102 Å². The second-order valence-electron chi connectivity index (χ2n) is 4.84. The average molecular weight is 236 g/mol. The van der Waals surface area contributed by atoms with Gasteiger partial charge in [-0.05, 0) is 38.3 Å². The van der Waals surface area contributed by atoms with Crippen LogP contribution in [0.5, 0.6) is 5.75 Å². The van der Waals surface area contributed by atoms with Crippen molar-refractivity contribution in [2.24, 2.45) is 5.73 Å². The summed E-state index contributed by atoms with van der Waals surface area (Å²) < 4.78 is 11.0. The highest BCUT2D eigenvalue weighted by Crippen LogP contribution is 2.30. The summed E-state index contributed by atoms with van der Waals surface area (Å²) in [5.74, 6) is 0.786. The molecule has 0 bridgehead atoms. The quantitative estimate of drug-likeness (QED) is 0.870. The molecule has 0 aromatic carbocycles. The zero-order chi connectivity index (χ0) is 12.3. The standard InChI is InChI=1S/C13H20N2O2/c1-10(2)17-12-7-11(8-15-9-12)13(14)3-5-16-6-4-13/h7-10H,3-6,14H2,1-2H3. The Morgan fingerprint density at radius 3 is 2.71 bits per heavy atom. The minimum atomic E-state index is -0.318. The highest BCUT2D eigenvalue weighted by molar-refractivity contribution is 5.29. The van der Waals surface area contributed by atoms with Gasteiger partial charge < -0.3 is 15.2 Å². The number of hydrogen-bond acceptors (Lipinski definition) is 4. The zero-order valence-electron chi connectivity index (χ0n) is 10.5. The molecule has 0 aliphatic carbocycles. The summed E-state index contributed by atoms with van der Waals surface area (Å²) in [7, 11) is 0. The van der Waals surface area contributed by atoms with Crippen LogP contribution in [0.25, 0.3) is 0 Å². The highest BCUT2D eigenvalue weighted by atomic mass is 16.5. The first-order valence-corrected chi connectivity index (χ1v) is 6.09. The van der Waals surface area contributed by atoms with E-state index in [-0.39, 0.29) is 11.6 Å². The van der Waals surface area contributed by atoms with Gasteiger partial charge in [-0.3, -0.25) is 4.98 Å². The molecule has 4 heteroatoms. The predicted octanol–water partition coefficient (Wildman–Crippen LogP) is 1.83. The smallest absolute Gasteiger partial charge is 0.138 e. The second kappa shape index (κ2) is 5.02. The minimum Gasteiger partial charge on any atom is -0.489 e. The lowest BCUT2D eigenvalue weighted by Gasteiger charge is -2.33. The normalized spacial score (nSPS) is 19.3. The number of rotatable bonds is 3. The molecular formula is C13H20N2O2. The molecule has 4 nitrogen and oxygen atoms in total. The van der Waals surface area contributed by atoms with Gasteiger partial charge in [0, 0.05) is 24.9 Å². The summed E-state index contributed by atoms with van der Waals surface area (Å²) in [5, 5.41) is 0. The van der Waals surface area contributed by atoms with Gasteiger partial charge in [-0.1, -0.05) is 0 Å². The van der Waals surface area contributed by atoms with Gasteiger partial charge in [0.15, 0.2) is 0 Å². The van der Waals surface area contributed by atoms with Crippen molar-refractivity contribution in [2.45, 2.75) is 38.3 Å². The summed E-state index contributed by atoms with van der Waals surface area (Å²) >= 11 is 0. The van der Waals surface area contributed by atoms with E-state index in [1.165, 1.54) is 0 Å². The average Bonchev–Trinajstić information content (AvgIpc) is 2.29. The molecule has 1 saturated heterocycles. The minimum absolute atomic E-state index is 0.149. The van der Waals surface area contributed by atoms with Gasteiger partial charge in [-0.15, -0.1) is 0 Å². The SMILES string of the molecule is CC(C)Oc1cncc(C2(N)CCOCC2)c1. The molecular weight excluding hydrogens is 216 g/mol. The first kappa shape index (κ1) is 12.3. The van der Waals surface area contributed by atoms with Crippen LogP contribution < -0.4 is 10.5 Å². The van der Waals surface area contributed by atoms with Gasteiger partial charge in [0.1, 0.15) is 5.75 Å². The lowest BCUT2D eigenvalue weighted by molar-refractivity contribution is 0.0520. The molecule has 0 spiro atoms. The van der Waals surface area contributed by atoms with Gasteiger partial charge in [-0.2, -0.15) is 0 Å². The van der Waals surface area contributed by atoms with E-state index in [0.717, 1.165) is 24.2 Å². The molecule has 94 valence electrons. The Kier molecular flexibility index (Phi) is 3.64. The fraction of sp³-hybridized carbons (Fsp3) is 0.615. The number of nitrogens with zero attached hydrogens (tertiary/aromatic N) is 1. The van der Waals surface area contributed by atoms with E-state index < -0.39 is 0 Å². The van der Waals surface area contributed by atoms with Gasteiger partial charge >= 0.3 is 0 Å². The summed E-state index contributed by atoms with van der Waals surface area (Å²) in [6, 6.07) is 2.00. The van der Waals surface area contributed by atoms with Gasteiger partial charge in [0.05, 0.1) is 12.3 Å². The predicted molar refractivity (Wildman–Crippen MR) is 65.9 cm³/mol. The Hall–Kier alpha value is -1.13. The fourth-order valence-corrected chi connectivity index (χ4v) is 2.05. The van der Waals surface area contributed by atoms with Crippen molar-refractivity contribution < 1.29 is 9.47 Å². The third-order valence-corrected chi connectivity index (χ3v) is 3.04. The van der Waals surface area contributed by atoms with Crippen LogP contribution in [0.4, 0.5) is 0 Å². The lowest BCUT2D eigenvalue weighted by Crippen LogP contribution is -2.42. The van der Waals surface area contributed by atoms with E-state index in [1.54, 1.807) is 6.20 Å². The molecule has 1 aliphatic heterocycles. The van der Waals surface area contributed by atoms with E-state index in [1.807, 2.05) is 26.1 Å². The van der Waals surface area contributed by atoms with Crippen molar-refractivity contribution in [3.8, 4) is 5.75 Å². The molecule has 1 aliphatic rings. The molecule has 0 saturated carbocycles. The lowest BCUT2D eigenvalue weighted by atomic mass is 9.85. The molecule has 0 unspecified atom stereocenters. The highest BCUT2D eigenvalue weighted by Gasteiger charge is 2.30. The van der Waals surface area contributed by atoms with Crippen molar-refractivity contribution in [2.75, 3.05) is 13.2 Å². The summed E-state index contributed by atoms with van der Waals surface area (Å²) in [5.41, 5.74) is 7.13. The Morgan fingerprint density at radius 1 is 1.35 bits per heavy atom. The summed E-state index contributed by atoms with van der Waals surface area (Å²) in [6.07, 6.45) is 5.38. The molecule has 0 atom stereocenters. The largest absolute Gasteiger partial charge is 0.489 e. The monoisotopic (exact) mass is 236 g/mol. The number of ether oxygens (including phenoxy) is 2. The maximum absolute atomic E-state index is 6.40. The molecule has 2 N–H and O–H groups in total. The zero-order valence-corrected chi connectivity index (χ0v) is 10.5. The van der Waals surface area contributed by atoms with Crippen molar-refractivity contribution in [1.29, 1.82) is 0 Å². The van der Waals surface area contributed by atoms with E-state index in [2.05, 4.69) is 4.98 Å².